The van der Waals surface area contributed by atoms with E-state index >= 15 is 0 Å². The van der Waals surface area contributed by atoms with Gasteiger partial charge in [-0.1, -0.05) is 41.5 Å². The van der Waals surface area contributed by atoms with E-state index in [2.05, 4.69) is 53.0 Å². The molecule has 1 aromatic heterocycles. The molecule has 0 radical (unpaired) electrons. The number of thiophene rings is 1. The first-order valence-electron chi connectivity index (χ1n) is 6.77. The van der Waals surface area contributed by atoms with E-state index in [-0.39, 0.29) is 0 Å². The van der Waals surface area contributed by atoms with Gasteiger partial charge in [0.25, 0.3) is 0 Å². The Bertz CT molecular complexity index is 384. The van der Waals surface area contributed by atoms with Crippen molar-refractivity contribution >= 4 is 11.3 Å². The van der Waals surface area contributed by atoms with Gasteiger partial charge in [-0.15, -0.1) is 11.3 Å². The molecule has 0 unspecified atom stereocenters. The van der Waals surface area contributed by atoms with Crippen LogP contribution in [-0.4, -0.2) is 0 Å². The van der Waals surface area contributed by atoms with E-state index in [9.17, 15) is 0 Å². The molecule has 17 heavy (non-hydrogen) atoms. The SMILES string of the molecule is CC(C)(C)C1(C(C)(C)C)CCCc2sccc21. The van der Waals surface area contributed by atoms with Gasteiger partial charge in [0.2, 0.25) is 0 Å². The van der Waals surface area contributed by atoms with Crippen LogP contribution in [0.5, 0.6) is 0 Å². The minimum atomic E-state index is 0.321. The van der Waals surface area contributed by atoms with Gasteiger partial charge in [-0.2, -0.15) is 0 Å². The van der Waals surface area contributed by atoms with Gasteiger partial charge in [0.05, 0.1) is 0 Å². The number of fused-ring (bicyclic) bond motifs is 1. The third-order valence-electron chi connectivity index (χ3n) is 4.72. The van der Waals surface area contributed by atoms with Gasteiger partial charge < -0.3 is 0 Å². The summed E-state index contributed by atoms with van der Waals surface area (Å²) >= 11 is 1.96. The lowest BCUT2D eigenvalue weighted by Crippen LogP contribution is -2.51. The second-order valence-electron chi connectivity index (χ2n) is 7.52. The zero-order valence-corrected chi connectivity index (χ0v) is 13.0. The number of hydrogen-bond acceptors (Lipinski definition) is 1. The summed E-state index contributed by atoms with van der Waals surface area (Å²) < 4.78 is 0. The van der Waals surface area contributed by atoms with Crippen LogP contribution in [0.15, 0.2) is 11.4 Å². The summed E-state index contributed by atoms with van der Waals surface area (Å²) in [4.78, 5) is 1.64. The molecule has 2 rings (SSSR count). The molecule has 96 valence electrons. The number of rotatable bonds is 0. The van der Waals surface area contributed by atoms with E-state index in [1.165, 1.54) is 19.3 Å². The van der Waals surface area contributed by atoms with Gasteiger partial charge in [-0.05, 0) is 47.1 Å². The van der Waals surface area contributed by atoms with Crippen molar-refractivity contribution in [3.63, 3.8) is 0 Å². The highest BCUT2D eigenvalue weighted by molar-refractivity contribution is 7.10. The zero-order valence-electron chi connectivity index (χ0n) is 12.2. The maximum Gasteiger partial charge on any atom is 0.00832 e. The third kappa shape index (κ3) is 1.78. The van der Waals surface area contributed by atoms with E-state index in [1.54, 1.807) is 10.4 Å². The first kappa shape index (κ1) is 13.1. The monoisotopic (exact) mass is 250 g/mol. The summed E-state index contributed by atoms with van der Waals surface area (Å²) in [6, 6.07) is 2.40. The summed E-state index contributed by atoms with van der Waals surface area (Å²) in [5.41, 5.74) is 2.62. The quantitative estimate of drug-likeness (QED) is 0.577. The van der Waals surface area contributed by atoms with Crippen LogP contribution in [-0.2, 0) is 11.8 Å². The molecule has 0 spiro atoms. The van der Waals surface area contributed by atoms with Crippen LogP contribution >= 0.6 is 11.3 Å². The van der Waals surface area contributed by atoms with Crippen LogP contribution < -0.4 is 0 Å². The smallest absolute Gasteiger partial charge is 0.00832 e. The van der Waals surface area contributed by atoms with Crippen molar-refractivity contribution < 1.29 is 0 Å². The molecule has 1 aromatic rings. The maximum absolute atomic E-state index is 2.42. The fraction of sp³-hybridized carbons (Fsp3) is 0.750. The fourth-order valence-corrected chi connectivity index (χ4v) is 5.25. The molecule has 0 nitrogen and oxygen atoms in total. The first-order valence-corrected chi connectivity index (χ1v) is 7.65. The Kier molecular flexibility index (Phi) is 2.97. The molecule has 0 aliphatic heterocycles. The largest absolute Gasteiger partial charge is 0.149 e. The van der Waals surface area contributed by atoms with E-state index in [0.717, 1.165) is 0 Å². The molecule has 0 N–H and O–H groups in total. The predicted octanol–water partition coefficient (Wildman–Crippen LogP) is 5.41. The molecule has 0 bridgehead atoms. The third-order valence-corrected chi connectivity index (χ3v) is 5.70. The summed E-state index contributed by atoms with van der Waals surface area (Å²) in [5, 5.41) is 2.29. The van der Waals surface area contributed by atoms with Crippen molar-refractivity contribution in [2.75, 3.05) is 0 Å². The molecule has 1 aliphatic rings. The van der Waals surface area contributed by atoms with Gasteiger partial charge in [0.15, 0.2) is 0 Å². The molecule has 0 saturated heterocycles. The normalized spacial score (nSPS) is 20.1. The Balaban J connectivity index is 2.67. The summed E-state index contributed by atoms with van der Waals surface area (Å²) in [6.45, 7) is 14.5. The van der Waals surface area contributed by atoms with Crippen LogP contribution in [0.25, 0.3) is 0 Å². The topological polar surface area (TPSA) is 0 Å². The number of aryl methyl sites for hydroxylation is 1. The standard InChI is InChI=1S/C16H26S/c1-14(2,3)16(15(4,5)6)10-7-8-13-12(16)9-11-17-13/h9,11H,7-8,10H2,1-6H3. The Labute approximate surface area is 110 Å². The summed E-state index contributed by atoms with van der Waals surface area (Å²) in [5.74, 6) is 0. The van der Waals surface area contributed by atoms with E-state index in [1.807, 2.05) is 11.3 Å². The lowest BCUT2D eigenvalue weighted by atomic mass is 9.48. The van der Waals surface area contributed by atoms with Crippen molar-refractivity contribution in [3.05, 3.63) is 21.9 Å². The Morgan fingerprint density at radius 2 is 1.65 bits per heavy atom. The minimum Gasteiger partial charge on any atom is -0.149 e. The summed E-state index contributed by atoms with van der Waals surface area (Å²) in [6.07, 6.45) is 3.98. The van der Waals surface area contributed by atoms with Gasteiger partial charge in [0, 0.05) is 10.3 Å². The Morgan fingerprint density at radius 3 is 2.18 bits per heavy atom. The molecule has 0 fully saturated rings. The predicted molar refractivity (Wildman–Crippen MR) is 77.8 cm³/mol. The molecule has 0 aromatic carbocycles. The van der Waals surface area contributed by atoms with Crippen molar-refractivity contribution in [2.45, 2.75) is 66.2 Å². The highest BCUT2D eigenvalue weighted by Gasteiger charge is 2.53. The van der Waals surface area contributed by atoms with E-state index < -0.39 is 0 Å². The van der Waals surface area contributed by atoms with E-state index in [4.69, 9.17) is 0 Å². The van der Waals surface area contributed by atoms with Crippen LogP contribution in [0.2, 0.25) is 0 Å². The molecular weight excluding hydrogens is 224 g/mol. The molecule has 1 heteroatoms. The van der Waals surface area contributed by atoms with Gasteiger partial charge >= 0.3 is 0 Å². The lowest BCUT2D eigenvalue weighted by molar-refractivity contribution is 0.0347. The lowest BCUT2D eigenvalue weighted by Gasteiger charge is -2.56. The van der Waals surface area contributed by atoms with Crippen molar-refractivity contribution in [1.82, 2.24) is 0 Å². The molecule has 0 amide bonds. The Morgan fingerprint density at radius 1 is 1.06 bits per heavy atom. The highest BCUT2D eigenvalue weighted by atomic mass is 32.1. The zero-order chi connectivity index (χ0) is 12.9. The van der Waals surface area contributed by atoms with Gasteiger partial charge in [-0.25, -0.2) is 0 Å². The van der Waals surface area contributed by atoms with Crippen molar-refractivity contribution in [3.8, 4) is 0 Å². The van der Waals surface area contributed by atoms with Crippen LogP contribution in [0.3, 0.4) is 0 Å². The molecule has 0 atom stereocenters. The van der Waals surface area contributed by atoms with Crippen molar-refractivity contribution in [2.24, 2.45) is 10.8 Å². The molecular formula is C16H26S. The second kappa shape index (κ2) is 3.85. The fourth-order valence-electron chi connectivity index (χ4n) is 4.25. The maximum atomic E-state index is 2.42. The van der Waals surface area contributed by atoms with Crippen LogP contribution in [0.1, 0.15) is 64.8 Å². The van der Waals surface area contributed by atoms with Gasteiger partial charge in [-0.3, -0.25) is 0 Å². The minimum absolute atomic E-state index is 0.321. The average molecular weight is 250 g/mol. The van der Waals surface area contributed by atoms with Crippen LogP contribution in [0.4, 0.5) is 0 Å². The first-order chi connectivity index (χ1) is 7.70. The molecule has 1 heterocycles. The van der Waals surface area contributed by atoms with Crippen LogP contribution in [0, 0.1) is 10.8 Å². The number of hydrogen-bond donors (Lipinski definition) is 0. The molecule has 0 saturated carbocycles. The van der Waals surface area contributed by atoms with Gasteiger partial charge in [0.1, 0.15) is 0 Å². The van der Waals surface area contributed by atoms with Crippen molar-refractivity contribution in [1.29, 1.82) is 0 Å². The molecule has 1 aliphatic carbocycles. The summed E-state index contributed by atoms with van der Waals surface area (Å²) in [7, 11) is 0. The highest BCUT2D eigenvalue weighted by Crippen LogP contribution is 2.59. The average Bonchev–Trinajstić information content (AvgIpc) is 2.60. The van der Waals surface area contributed by atoms with E-state index in [0.29, 0.717) is 16.2 Å². The Hall–Kier alpha value is -0.300. The second-order valence-corrected chi connectivity index (χ2v) is 8.52.